The van der Waals surface area contributed by atoms with Crippen LogP contribution in [0.2, 0.25) is 0 Å². The Morgan fingerprint density at radius 3 is 2.44 bits per heavy atom. The Morgan fingerprint density at radius 2 is 1.94 bits per heavy atom. The van der Waals surface area contributed by atoms with Crippen molar-refractivity contribution in [2.24, 2.45) is 5.92 Å². The van der Waals surface area contributed by atoms with Gasteiger partial charge in [-0.2, -0.15) is 0 Å². The maximum absolute atomic E-state index is 12.0. The zero-order valence-corrected chi connectivity index (χ0v) is 11.3. The Hall–Kier alpha value is -1.36. The highest BCUT2D eigenvalue weighted by molar-refractivity contribution is 9.10. The van der Waals surface area contributed by atoms with E-state index in [9.17, 15) is 9.59 Å². The van der Waals surface area contributed by atoms with Crippen LogP contribution in [0.25, 0.3) is 0 Å². The molecule has 5 heteroatoms. The average Bonchev–Trinajstić information content (AvgIpc) is 3.12. The fourth-order valence-corrected chi connectivity index (χ4v) is 2.14. The standard InChI is InChI=1S/C13H14BrNO3/c14-10-5-3-9(4-6-10)13(18)15-11(7-12(16)17)8-1-2-8/h3-6,8,11H,1-2,7H2,(H,15,18)(H,16,17). The van der Waals surface area contributed by atoms with E-state index in [1.807, 2.05) is 0 Å². The fourth-order valence-electron chi connectivity index (χ4n) is 1.88. The quantitative estimate of drug-likeness (QED) is 0.877. The van der Waals surface area contributed by atoms with Gasteiger partial charge in [0.1, 0.15) is 0 Å². The number of amides is 1. The van der Waals surface area contributed by atoms with Crippen molar-refractivity contribution in [1.29, 1.82) is 0 Å². The Balaban J connectivity index is 2.00. The molecule has 2 N–H and O–H groups in total. The summed E-state index contributed by atoms with van der Waals surface area (Å²) in [5.41, 5.74) is 0.550. The molecule has 1 amide bonds. The third-order valence-corrected chi connectivity index (χ3v) is 3.54. The number of carbonyl (C=O) groups is 2. The number of benzene rings is 1. The van der Waals surface area contributed by atoms with Crippen molar-refractivity contribution in [2.75, 3.05) is 0 Å². The van der Waals surface area contributed by atoms with Gasteiger partial charge in [0, 0.05) is 16.1 Å². The maximum atomic E-state index is 12.0. The number of carbonyl (C=O) groups excluding carboxylic acids is 1. The molecule has 0 spiro atoms. The maximum Gasteiger partial charge on any atom is 0.305 e. The molecule has 0 bridgehead atoms. The lowest BCUT2D eigenvalue weighted by Crippen LogP contribution is -2.38. The van der Waals surface area contributed by atoms with Crippen molar-refractivity contribution in [2.45, 2.75) is 25.3 Å². The molecule has 1 aromatic carbocycles. The SMILES string of the molecule is O=C(O)CC(NC(=O)c1ccc(Br)cc1)C1CC1. The Bertz CT molecular complexity index is 454. The number of carboxylic acid groups (broad SMARTS) is 1. The molecule has 0 radical (unpaired) electrons. The summed E-state index contributed by atoms with van der Waals surface area (Å²) >= 11 is 3.30. The second kappa shape index (κ2) is 5.52. The van der Waals surface area contributed by atoms with E-state index in [4.69, 9.17) is 5.11 Å². The minimum atomic E-state index is -0.872. The number of hydrogen-bond donors (Lipinski definition) is 2. The van der Waals surface area contributed by atoms with Crippen molar-refractivity contribution in [3.8, 4) is 0 Å². The van der Waals surface area contributed by atoms with Crippen LogP contribution in [0, 0.1) is 5.92 Å². The first-order valence-corrected chi connectivity index (χ1v) is 6.64. The zero-order chi connectivity index (χ0) is 13.1. The molecular formula is C13H14BrNO3. The summed E-state index contributed by atoms with van der Waals surface area (Å²) in [6.07, 6.45) is 1.99. The largest absolute Gasteiger partial charge is 0.481 e. The molecule has 18 heavy (non-hydrogen) atoms. The average molecular weight is 312 g/mol. The van der Waals surface area contributed by atoms with Crippen LogP contribution in [-0.4, -0.2) is 23.0 Å². The molecule has 1 fully saturated rings. The molecule has 0 aliphatic heterocycles. The van der Waals surface area contributed by atoms with E-state index in [1.54, 1.807) is 24.3 Å². The lowest BCUT2D eigenvalue weighted by molar-refractivity contribution is -0.137. The first kappa shape index (κ1) is 13.1. The molecule has 4 nitrogen and oxygen atoms in total. The molecular weight excluding hydrogens is 298 g/mol. The van der Waals surface area contributed by atoms with E-state index < -0.39 is 5.97 Å². The molecule has 0 aromatic heterocycles. The van der Waals surface area contributed by atoms with Crippen molar-refractivity contribution in [3.05, 3.63) is 34.3 Å². The summed E-state index contributed by atoms with van der Waals surface area (Å²) in [5, 5.41) is 11.6. The molecule has 96 valence electrons. The molecule has 2 rings (SSSR count). The third kappa shape index (κ3) is 3.57. The Labute approximate surface area is 114 Å². The fraction of sp³-hybridized carbons (Fsp3) is 0.385. The number of nitrogens with one attached hydrogen (secondary N) is 1. The second-order valence-electron chi connectivity index (χ2n) is 4.52. The van der Waals surface area contributed by atoms with E-state index in [-0.39, 0.29) is 18.4 Å². The summed E-state index contributed by atoms with van der Waals surface area (Å²) in [4.78, 5) is 22.7. The van der Waals surface area contributed by atoms with Gasteiger partial charge in [0.25, 0.3) is 5.91 Å². The van der Waals surface area contributed by atoms with Gasteiger partial charge in [-0.05, 0) is 43.0 Å². The van der Waals surface area contributed by atoms with Crippen LogP contribution in [0.3, 0.4) is 0 Å². The van der Waals surface area contributed by atoms with E-state index >= 15 is 0 Å². The van der Waals surface area contributed by atoms with Gasteiger partial charge in [0.15, 0.2) is 0 Å². The van der Waals surface area contributed by atoms with Gasteiger partial charge < -0.3 is 10.4 Å². The summed E-state index contributed by atoms with van der Waals surface area (Å²) in [6.45, 7) is 0. The summed E-state index contributed by atoms with van der Waals surface area (Å²) in [5.74, 6) is -0.760. The van der Waals surface area contributed by atoms with E-state index in [1.165, 1.54) is 0 Å². The van der Waals surface area contributed by atoms with E-state index in [0.717, 1.165) is 17.3 Å². The monoisotopic (exact) mass is 311 g/mol. The number of aliphatic carboxylic acids is 1. The highest BCUT2D eigenvalue weighted by Crippen LogP contribution is 2.34. The smallest absolute Gasteiger partial charge is 0.305 e. The van der Waals surface area contributed by atoms with Gasteiger partial charge >= 0.3 is 5.97 Å². The number of rotatable bonds is 5. The van der Waals surface area contributed by atoms with Crippen LogP contribution < -0.4 is 5.32 Å². The first-order valence-electron chi connectivity index (χ1n) is 5.84. The molecule has 1 saturated carbocycles. The minimum absolute atomic E-state index is 0.00701. The number of carboxylic acids is 1. The summed E-state index contributed by atoms with van der Waals surface area (Å²) in [6, 6.07) is 6.75. The van der Waals surface area contributed by atoms with Crippen LogP contribution in [0.1, 0.15) is 29.6 Å². The van der Waals surface area contributed by atoms with Gasteiger partial charge in [0.2, 0.25) is 0 Å². The van der Waals surface area contributed by atoms with Crippen LogP contribution >= 0.6 is 15.9 Å². The van der Waals surface area contributed by atoms with Crippen molar-refractivity contribution >= 4 is 27.8 Å². The van der Waals surface area contributed by atoms with Gasteiger partial charge in [-0.25, -0.2) is 0 Å². The summed E-state index contributed by atoms with van der Waals surface area (Å²) in [7, 11) is 0. The molecule has 1 aromatic rings. The topological polar surface area (TPSA) is 66.4 Å². The van der Waals surface area contributed by atoms with Gasteiger partial charge in [0.05, 0.1) is 6.42 Å². The predicted molar refractivity (Wildman–Crippen MR) is 70.4 cm³/mol. The molecule has 1 aliphatic rings. The minimum Gasteiger partial charge on any atom is -0.481 e. The van der Waals surface area contributed by atoms with Crippen LogP contribution in [0.4, 0.5) is 0 Å². The normalized spacial score (nSPS) is 16.1. The van der Waals surface area contributed by atoms with Crippen LogP contribution in [0.5, 0.6) is 0 Å². The lowest BCUT2D eigenvalue weighted by Gasteiger charge is -2.16. The zero-order valence-electron chi connectivity index (χ0n) is 9.73. The highest BCUT2D eigenvalue weighted by atomic mass is 79.9. The lowest BCUT2D eigenvalue weighted by atomic mass is 10.1. The molecule has 0 saturated heterocycles. The van der Waals surface area contributed by atoms with E-state index in [0.29, 0.717) is 11.5 Å². The molecule has 1 atom stereocenters. The number of halogens is 1. The first-order chi connectivity index (χ1) is 8.56. The van der Waals surface area contributed by atoms with E-state index in [2.05, 4.69) is 21.2 Å². The number of hydrogen-bond acceptors (Lipinski definition) is 2. The molecule has 0 heterocycles. The van der Waals surface area contributed by atoms with Gasteiger partial charge in [-0.1, -0.05) is 15.9 Å². The highest BCUT2D eigenvalue weighted by Gasteiger charge is 2.33. The van der Waals surface area contributed by atoms with Crippen LogP contribution in [-0.2, 0) is 4.79 Å². The van der Waals surface area contributed by atoms with Crippen molar-refractivity contribution < 1.29 is 14.7 Å². The van der Waals surface area contributed by atoms with Crippen molar-refractivity contribution in [1.82, 2.24) is 5.32 Å². The van der Waals surface area contributed by atoms with Crippen molar-refractivity contribution in [3.63, 3.8) is 0 Å². The second-order valence-corrected chi connectivity index (χ2v) is 5.44. The Morgan fingerprint density at radius 1 is 1.33 bits per heavy atom. The van der Waals surface area contributed by atoms with Gasteiger partial charge in [-0.15, -0.1) is 0 Å². The predicted octanol–water partition coefficient (Wildman–Crippen LogP) is 2.43. The molecule has 1 aliphatic carbocycles. The summed E-state index contributed by atoms with van der Waals surface area (Å²) < 4.78 is 0.906. The molecule has 1 unspecified atom stereocenters. The third-order valence-electron chi connectivity index (χ3n) is 3.01. The van der Waals surface area contributed by atoms with Crippen LogP contribution in [0.15, 0.2) is 28.7 Å². The Kier molecular flexibility index (Phi) is 4.01. The van der Waals surface area contributed by atoms with Gasteiger partial charge in [-0.3, -0.25) is 9.59 Å².